The molecule has 3 aromatic heterocycles. The van der Waals surface area contributed by atoms with Gasteiger partial charge in [-0.3, -0.25) is 9.55 Å². The van der Waals surface area contributed by atoms with Crippen molar-refractivity contribution in [1.82, 2.24) is 35.2 Å². The third-order valence-corrected chi connectivity index (χ3v) is 5.23. The zero-order chi connectivity index (χ0) is 21.8. The molecule has 160 valence electrons. The highest BCUT2D eigenvalue weighted by Crippen LogP contribution is 2.28. The van der Waals surface area contributed by atoms with E-state index in [9.17, 15) is 4.79 Å². The minimum atomic E-state index is -0.0503. The molecule has 4 aromatic rings. The number of aryl methyl sites for hydroxylation is 1. The van der Waals surface area contributed by atoms with Crippen molar-refractivity contribution in [3.05, 3.63) is 70.0 Å². The van der Waals surface area contributed by atoms with Gasteiger partial charge in [0, 0.05) is 28.7 Å². The van der Waals surface area contributed by atoms with Crippen LogP contribution in [0.2, 0.25) is 0 Å². The molecule has 0 aliphatic rings. The highest BCUT2D eigenvalue weighted by Gasteiger charge is 2.16. The van der Waals surface area contributed by atoms with Crippen LogP contribution in [0.3, 0.4) is 0 Å². The lowest BCUT2D eigenvalue weighted by atomic mass is 10.0. The van der Waals surface area contributed by atoms with E-state index in [2.05, 4.69) is 51.4 Å². The number of imidazole rings is 1. The third-order valence-electron chi connectivity index (χ3n) is 5.23. The number of aromatic nitrogens is 7. The Bertz CT molecular complexity index is 1190. The van der Waals surface area contributed by atoms with Crippen LogP contribution in [-0.4, -0.2) is 35.2 Å². The lowest BCUT2D eigenvalue weighted by Crippen LogP contribution is -2.20. The largest absolute Gasteiger partial charge is 0.326 e. The van der Waals surface area contributed by atoms with Crippen LogP contribution in [-0.2, 0) is 19.4 Å². The van der Waals surface area contributed by atoms with E-state index in [4.69, 9.17) is 0 Å². The van der Waals surface area contributed by atoms with Crippen molar-refractivity contribution in [3.8, 4) is 22.6 Å². The molecule has 3 heterocycles. The molecule has 0 atom stereocenters. The normalized spacial score (nSPS) is 11.4. The van der Waals surface area contributed by atoms with Crippen molar-refractivity contribution >= 4 is 0 Å². The van der Waals surface area contributed by atoms with Gasteiger partial charge in [0.1, 0.15) is 0 Å². The van der Waals surface area contributed by atoms with E-state index in [0.29, 0.717) is 18.3 Å². The predicted octanol–water partition coefficient (Wildman–Crippen LogP) is 3.62. The summed E-state index contributed by atoms with van der Waals surface area (Å²) in [7, 11) is 0. The number of aromatic amines is 2. The quantitative estimate of drug-likeness (QED) is 0.456. The van der Waals surface area contributed by atoms with Crippen molar-refractivity contribution < 1.29 is 0 Å². The van der Waals surface area contributed by atoms with Crippen LogP contribution in [0.4, 0.5) is 0 Å². The Morgan fingerprint density at radius 2 is 1.90 bits per heavy atom. The summed E-state index contributed by atoms with van der Waals surface area (Å²) in [4.78, 5) is 20.4. The molecule has 2 N–H and O–H groups in total. The fraction of sp³-hybridized carbons (Fsp3) is 0.348. The van der Waals surface area contributed by atoms with Crippen LogP contribution in [0.25, 0.3) is 22.6 Å². The van der Waals surface area contributed by atoms with Gasteiger partial charge in [0.25, 0.3) is 0 Å². The number of benzene rings is 1. The highest BCUT2D eigenvalue weighted by atomic mass is 16.1. The van der Waals surface area contributed by atoms with Gasteiger partial charge >= 0.3 is 5.69 Å². The Morgan fingerprint density at radius 3 is 2.55 bits per heavy atom. The third kappa shape index (κ3) is 4.47. The number of hydrogen-bond acceptors (Lipinski definition) is 5. The molecule has 1 aromatic carbocycles. The molecular formula is C23H27N7O. The number of pyridine rings is 1. The van der Waals surface area contributed by atoms with Gasteiger partial charge in [-0.2, -0.15) is 5.21 Å². The van der Waals surface area contributed by atoms with Crippen LogP contribution < -0.4 is 5.69 Å². The summed E-state index contributed by atoms with van der Waals surface area (Å²) in [6.07, 6.45) is 4.59. The van der Waals surface area contributed by atoms with E-state index >= 15 is 0 Å². The summed E-state index contributed by atoms with van der Waals surface area (Å²) in [5, 5.41) is 14.3. The number of nitrogens with zero attached hydrogens (tertiary/aromatic N) is 5. The molecule has 0 saturated carbocycles. The molecule has 0 aliphatic carbocycles. The average Bonchev–Trinajstić information content (AvgIpc) is 3.39. The van der Waals surface area contributed by atoms with Gasteiger partial charge in [0.15, 0.2) is 0 Å². The maximum Gasteiger partial charge on any atom is 0.326 e. The topological polar surface area (TPSA) is 105 Å². The molecule has 8 heteroatoms. The van der Waals surface area contributed by atoms with Crippen LogP contribution in [0, 0.1) is 5.92 Å². The predicted molar refractivity (Wildman–Crippen MR) is 120 cm³/mol. The minimum absolute atomic E-state index is 0.0503. The summed E-state index contributed by atoms with van der Waals surface area (Å²) < 4.78 is 1.86. The Morgan fingerprint density at radius 1 is 1.10 bits per heavy atom. The zero-order valence-corrected chi connectivity index (χ0v) is 18.1. The molecular weight excluding hydrogens is 390 g/mol. The van der Waals surface area contributed by atoms with E-state index in [1.807, 2.05) is 47.2 Å². The van der Waals surface area contributed by atoms with Crippen LogP contribution in [0.5, 0.6) is 0 Å². The summed E-state index contributed by atoms with van der Waals surface area (Å²) in [6, 6.07) is 11.8. The van der Waals surface area contributed by atoms with Crippen LogP contribution >= 0.6 is 0 Å². The molecule has 0 saturated heterocycles. The van der Waals surface area contributed by atoms with Gasteiger partial charge in [0.2, 0.25) is 5.82 Å². The van der Waals surface area contributed by atoms with Crippen LogP contribution in [0.15, 0.2) is 47.4 Å². The lowest BCUT2D eigenvalue weighted by Gasteiger charge is -2.12. The fourth-order valence-corrected chi connectivity index (χ4v) is 3.84. The number of rotatable bonds is 8. The van der Waals surface area contributed by atoms with Gasteiger partial charge in [-0.15, -0.1) is 10.2 Å². The van der Waals surface area contributed by atoms with E-state index in [-0.39, 0.29) is 5.69 Å². The van der Waals surface area contributed by atoms with E-state index in [1.165, 1.54) is 0 Å². The zero-order valence-electron chi connectivity index (χ0n) is 18.1. The lowest BCUT2D eigenvalue weighted by molar-refractivity contribution is 0.592. The minimum Gasteiger partial charge on any atom is -0.310 e. The summed E-state index contributed by atoms with van der Waals surface area (Å²) in [6.45, 7) is 6.98. The molecule has 0 amide bonds. The molecule has 0 fully saturated rings. The second kappa shape index (κ2) is 9.07. The summed E-state index contributed by atoms with van der Waals surface area (Å²) in [5.74, 6) is 1.00. The average molecular weight is 418 g/mol. The number of hydrogen-bond donors (Lipinski definition) is 2. The summed E-state index contributed by atoms with van der Waals surface area (Å²) in [5.41, 5.74) is 5.70. The van der Waals surface area contributed by atoms with E-state index < -0.39 is 0 Å². The van der Waals surface area contributed by atoms with Crippen molar-refractivity contribution in [2.45, 2.75) is 46.6 Å². The Balaban J connectivity index is 1.63. The van der Waals surface area contributed by atoms with Gasteiger partial charge in [-0.1, -0.05) is 57.5 Å². The number of H-pyrrole nitrogens is 2. The first kappa shape index (κ1) is 20.7. The monoisotopic (exact) mass is 417 g/mol. The molecule has 0 radical (unpaired) electrons. The molecule has 4 rings (SSSR count). The SMILES string of the molecule is CCCc1[nH]c(=O)n(Cc2ccc(-c3ccccc3-c3nn[nH]n3)nc2)c1CC(C)C. The van der Waals surface area contributed by atoms with Gasteiger partial charge in [0.05, 0.1) is 12.2 Å². The first-order valence-corrected chi connectivity index (χ1v) is 10.7. The molecule has 8 nitrogen and oxygen atoms in total. The van der Waals surface area contributed by atoms with Crippen molar-refractivity contribution in [1.29, 1.82) is 0 Å². The smallest absolute Gasteiger partial charge is 0.310 e. The fourth-order valence-electron chi connectivity index (χ4n) is 3.84. The first-order chi connectivity index (χ1) is 15.1. The Labute approximate surface area is 180 Å². The van der Waals surface area contributed by atoms with E-state index in [0.717, 1.165) is 53.0 Å². The van der Waals surface area contributed by atoms with Gasteiger partial charge in [-0.05, 0) is 35.6 Å². The Hall–Kier alpha value is -3.55. The van der Waals surface area contributed by atoms with E-state index in [1.54, 1.807) is 0 Å². The maximum absolute atomic E-state index is 12.7. The van der Waals surface area contributed by atoms with Crippen molar-refractivity contribution in [2.75, 3.05) is 0 Å². The molecule has 0 bridgehead atoms. The highest BCUT2D eigenvalue weighted by molar-refractivity contribution is 5.78. The van der Waals surface area contributed by atoms with Crippen molar-refractivity contribution in [3.63, 3.8) is 0 Å². The van der Waals surface area contributed by atoms with Gasteiger partial charge < -0.3 is 4.98 Å². The maximum atomic E-state index is 12.7. The first-order valence-electron chi connectivity index (χ1n) is 10.7. The second-order valence-corrected chi connectivity index (χ2v) is 8.12. The van der Waals surface area contributed by atoms with Crippen LogP contribution in [0.1, 0.15) is 44.1 Å². The van der Waals surface area contributed by atoms with Crippen molar-refractivity contribution in [2.24, 2.45) is 5.92 Å². The molecule has 0 aliphatic heterocycles. The standard InChI is InChI=1S/C23H27N7O/c1-4-7-20-21(12-15(2)3)30(23(31)25-20)14-16-10-11-19(24-13-16)17-8-5-6-9-18(17)22-26-28-29-27-22/h5-6,8-11,13,15H,4,7,12,14H2,1-3H3,(H,25,31)(H,26,27,28,29). The summed E-state index contributed by atoms with van der Waals surface area (Å²) >= 11 is 0. The van der Waals surface area contributed by atoms with Gasteiger partial charge in [-0.25, -0.2) is 4.79 Å². The number of tetrazole rings is 1. The number of nitrogens with one attached hydrogen (secondary N) is 2. The second-order valence-electron chi connectivity index (χ2n) is 8.12. The molecule has 0 unspecified atom stereocenters. The Kier molecular flexibility index (Phi) is 6.06. The molecule has 31 heavy (non-hydrogen) atoms. The molecule has 0 spiro atoms.